The summed E-state index contributed by atoms with van der Waals surface area (Å²) in [4.78, 5) is 0. The third-order valence-corrected chi connectivity index (χ3v) is 4.22. The van der Waals surface area contributed by atoms with Crippen molar-refractivity contribution in [2.24, 2.45) is 5.92 Å². The summed E-state index contributed by atoms with van der Waals surface area (Å²) in [6.45, 7) is 3.37. The summed E-state index contributed by atoms with van der Waals surface area (Å²) in [6, 6.07) is 6.95. The lowest BCUT2D eigenvalue weighted by Crippen LogP contribution is -2.21. The zero-order valence-corrected chi connectivity index (χ0v) is 12.8. The highest BCUT2D eigenvalue weighted by atomic mass is 16.5. The maximum Gasteiger partial charge on any atom is 0.161 e. The quantitative estimate of drug-likeness (QED) is 0.838. The predicted octanol–water partition coefficient (Wildman–Crippen LogP) is 2.75. The smallest absolute Gasteiger partial charge is 0.161 e. The van der Waals surface area contributed by atoms with Crippen molar-refractivity contribution in [1.29, 1.82) is 0 Å². The highest BCUT2D eigenvalue weighted by Crippen LogP contribution is 2.30. The summed E-state index contributed by atoms with van der Waals surface area (Å²) in [6.07, 6.45) is 4.80. The Labute approximate surface area is 126 Å². The first-order valence-corrected chi connectivity index (χ1v) is 7.96. The van der Waals surface area contributed by atoms with Crippen LogP contribution in [0.2, 0.25) is 0 Å². The monoisotopic (exact) mass is 291 g/mol. The Kier molecular flexibility index (Phi) is 4.99. The van der Waals surface area contributed by atoms with Crippen LogP contribution in [-0.4, -0.2) is 33.0 Å². The molecule has 0 bridgehead atoms. The third-order valence-electron chi connectivity index (χ3n) is 4.22. The van der Waals surface area contributed by atoms with Crippen LogP contribution in [0.5, 0.6) is 11.5 Å². The second-order valence-corrected chi connectivity index (χ2v) is 6.01. The Morgan fingerprint density at radius 3 is 2.67 bits per heavy atom. The van der Waals surface area contributed by atoms with Gasteiger partial charge in [-0.2, -0.15) is 0 Å². The zero-order valence-electron chi connectivity index (χ0n) is 12.8. The molecule has 0 radical (unpaired) electrons. The molecule has 3 rings (SSSR count). The summed E-state index contributed by atoms with van der Waals surface area (Å²) in [7, 11) is 1.70. The summed E-state index contributed by atoms with van der Waals surface area (Å²) >= 11 is 0. The van der Waals surface area contributed by atoms with E-state index in [1.807, 2.05) is 6.07 Å². The van der Waals surface area contributed by atoms with Crippen molar-refractivity contribution in [2.45, 2.75) is 38.3 Å². The molecule has 1 saturated heterocycles. The van der Waals surface area contributed by atoms with Crippen LogP contribution < -0.4 is 14.8 Å². The fraction of sp³-hybridized carbons (Fsp3) is 0.647. The van der Waals surface area contributed by atoms with E-state index in [1.165, 1.54) is 18.4 Å². The number of benzene rings is 1. The molecule has 2 aliphatic rings. The molecule has 116 valence electrons. The summed E-state index contributed by atoms with van der Waals surface area (Å²) in [5, 5.41) is 3.52. The van der Waals surface area contributed by atoms with Crippen LogP contribution in [0.1, 0.15) is 31.2 Å². The van der Waals surface area contributed by atoms with E-state index >= 15 is 0 Å². The minimum atomic E-state index is 0.597. The van der Waals surface area contributed by atoms with Gasteiger partial charge in [0.25, 0.3) is 0 Å². The molecule has 1 aliphatic heterocycles. The minimum absolute atomic E-state index is 0.597. The van der Waals surface area contributed by atoms with Crippen LogP contribution in [-0.2, 0) is 11.3 Å². The number of ether oxygens (including phenoxy) is 3. The molecule has 1 aromatic rings. The average Bonchev–Trinajstić information content (AvgIpc) is 3.36. The predicted molar refractivity (Wildman–Crippen MR) is 81.9 cm³/mol. The molecular weight excluding hydrogens is 266 g/mol. The van der Waals surface area contributed by atoms with Crippen LogP contribution in [0.15, 0.2) is 18.2 Å². The highest BCUT2D eigenvalue weighted by Gasteiger charge is 2.20. The molecule has 0 spiro atoms. The Morgan fingerprint density at radius 2 is 1.95 bits per heavy atom. The highest BCUT2D eigenvalue weighted by molar-refractivity contribution is 5.43. The first-order chi connectivity index (χ1) is 10.3. The Morgan fingerprint density at radius 1 is 1.14 bits per heavy atom. The fourth-order valence-electron chi connectivity index (χ4n) is 2.61. The molecular formula is C17H25NO3. The number of methoxy groups -OCH3 is 1. The van der Waals surface area contributed by atoms with E-state index < -0.39 is 0 Å². The number of hydrogen-bond donors (Lipinski definition) is 1. The number of rotatable bonds is 7. The van der Waals surface area contributed by atoms with Gasteiger partial charge in [0.1, 0.15) is 0 Å². The SMILES string of the molecule is COc1cc(CNC2CC2)ccc1OCC1CCOCC1. The molecule has 1 heterocycles. The van der Waals surface area contributed by atoms with Crippen LogP contribution in [0.4, 0.5) is 0 Å². The summed E-state index contributed by atoms with van der Waals surface area (Å²) in [5.74, 6) is 2.27. The van der Waals surface area contributed by atoms with Crippen molar-refractivity contribution in [3.05, 3.63) is 23.8 Å². The Balaban J connectivity index is 1.55. The first-order valence-electron chi connectivity index (χ1n) is 7.96. The molecule has 1 N–H and O–H groups in total. The van der Waals surface area contributed by atoms with Gasteiger partial charge in [-0.3, -0.25) is 0 Å². The van der Waals surface area contributed by atoms with Crippen LogP contribution in [0.3, 0.4) is 0 Å². The lowest BCUT2D eigenvalue weighted by molar-refractivity contribution is 0.0493. The molecule has 0 atom stereocenters. The van der Waals surface area contributed by atoms with E-state index in [0.29, 0.717) is 5.92 Å². The molecule has 4 heteroatoms. The van der Waals surface area contributed by atoms with E-state index in [2.05, 4.69) is 17.4 Å². The van der Waals surface area contributed by atoms with Crippen molar-refractivity contribution >= 4 is 0 Å². The van der Waals surface area contributed by atoms with Gasteiger partial charge in [0.15, 0.2) is 11.5 Å². The second kappa shape index (κ2) is 7.14. The normalized spacial score (nSPS) is 19.5. The van der Waals surface area contributed by atoms with Gasteiger partial charge in [0, 0.05) is 25.8 Å². The van der Waals surface area contributed by atoms with Crippen molar-refractivity contribution in [1.82, 2.24) is 5.32 Å². The van der Waals surface area contributed by atoms with Gasteiger partial charge in [-0.1, -0.05) is 6.07 Å². The molecule has 1 saturated carbocycles. The van der Waals surface area contributed by atoms with Crippen molar-refractivity contribution in [2.75, 3.05) is 26.9 Å². The molecule has 0 aromatic heterocycles. The van der Waals surface area contributed by atoms with Gasteiger partial charge in [-0.15, -0.1) is 0 Å². The van der Waals surface area contributed by atoms with Crippen molar-refractivity contribution in [3.63, 3.8) is 0 Å². The Hall–Kier alpha value is -1.26. The topological polar surface area (TPSA) is 39.7 Å². The third kappa shape index (κ3) is 4.35. The van der Waals surface area contributed by atoms with E-state index in [1.54, 1.807) is 7.11 Å². The van der Waals surface area contributed by atoms with Crippen molar-refractivity contribution < 1.29 is 14.2 Å². The fourth-order valence-corrected chi connectivity index (χ4v) is 2.61. The van der Waals surface area contributed by atoms with Crippen molar-refractivity contribution in [3.8, 4) is 11.5 Å². The van der Waals surface area contributed by atoms with Gasteiger partial charge < -0.3 is 19.5 Å². The summed E-state index contributed by atoms with van der Waals surface area (Å²) in [5.41, 5.74) is 1.25. The largest absolute Gasteiger partial charge is 0.493 e. The molecule has 0 amide bonds. The van der Waals surface area contributed by atoms with Crippen LogP contribution in [0.25, 0.3) is 0 Å². The molecule has 1 aliphatic carbocycles. The molecule has 4 nitrogen and oxygen atoms in total. The van der Waals surface area contributed by atoms with E-state index in [9.17, 15) is 0 Å². The maximum atomic E-state index is 5.96. The first kappa shape index (κ1) is 14.7. The molecule has 2 fully saturated rings. The minimum Gasteiger partial charge on any atom is -0.493 e. The lowest BCUT2D eigenvalue weighted by atomic mass is 10.0. The molecule has 0 unspecified atom stereocenters. The van der Waals surface area contributed by atoms with E-state index in [4.69, 9.17) is 14.2 Å². The maximum absolute atomic E-state index is 5.96. The zero-order chi connectivity index (χ0) is 14.5. The van der Waals surface area contributed by atoms with E-state index in [0.717, 1.165) is 56.7 Å². The molecule has 21 heavy (non-hydrogen) atoms. The van der Waals surface area contributed by atoms with E-state index in [-0.39, 0.29) is 0 Å². The van der Waals surface area contributed by atoms with Gasteiger partial charge in [0.2, 0.25) is 0 Å². The second-order valence-electron chi connectivity index (χ2n) is 6.01. The number of nitrogens with one attached hydrogen (secondary N) is 1. The standard InChI is InChI=1S/C17H25NO3/c1-19-17-10-14(11-18-15-3-4-15)2-5-16(17)21-12-13-6-8-20-9-7-13/h2,5,10,13,15,18H,3-4,6-9,11-12H2,1H3. The van der Waals surface area contributed by atoms with Gasteiger partial charge in [0.05, 0.1) is 13.7 Å². The van der Waals surface area contributed by atoms with Crippen LogP contribution >= 0.6 is 0 Å². The summed E-state index contributed by atoms with van der Waals surface area (Å²) < 4.78 is 16.8. The van der Waals surface area contributed by atoms with Crippen LogP contribution in [0, 0.1) is 5.92 Å². The van der Waals surface area contributed by atoms with Gasteiger partial charge in [-0.05, 0) is 49.3 Å². The average molecular weight is 291 g/mol. The molecule has 1 aromatic carbocycles. The van der Waals surface area contributed by atoms with Gasteiger partial charge in [-0.25, -0.2) is 0 Å². The Bertz CT molecular complexity index is 453. The number of hydrogen-bond acceptors (Lipinski definition) is 4. The lowest BCUT2D eigenvalue weighted by Gasteiger charge is -2.22. The van der Waals surface area contributed by atoms with Gasteiger partial charge >= 0.3 is 0 Å².